The van der Waals surface area contributed by atoms with E-state index in [1.165, 1.54) is 0 Å². The third-order valence-corrected chi connectivity index (χ3v) is 3.10. The average molecular weight is 207 g/mol. The second-order valence-electron chi connectivity index (χ2n) is 4.39. The molecule has 2 N–H and O–H groups in total. The van der Waals surface area contributed by atoms with E-state index in [9.17, 15) is 5.11 Å². The third kappa shape index (κ3) is 2.52. The fourth-order valence-corrected chi connectivity index (χ4v) is 1.58. The minimum absolute atomic E-state index is 0.149. The number of hydrogen-bond donors (Lipinski definition) is 2. The van der Waals surface area contributed by atoms with Crippen molar-refractivity contribution in [2.45, 2.75) is 25.8 Å². The average Bonchev–Trinajstić information content (AvgIpc) is 3.08. The van der Waals surface area contributed by atoms with E-state index in [-0.39, 0.29) is 18.1 Å². The van der Waals surface area contributed by atoms with Gasteiger partial charge in [0.05, 0.1) is 5.69 Å². The Kier molecular flexibility index (Phi) is 2.98. The van der Waals surface area contributed by atoms with Crippen molar-refractivity contribution in [2.75, 3.05) is 13.2 Å². The molecule has 15 heavy (non-hydrogen) atoms. The molecule has 4 heteroatoms. The summed E-state index contributed by atoms with van der Waals surface area (Å²) in [6.45, 7) is 3.21. The first-order valence-electron chi connectivity index (χ1n) is 5.36. The zero-order chi connectivity index (χ0) is 10.7. The van der Waals surface area contributed by atoms with Crippen molar-refractivity contribution in [2.24, 2.45) is 5.41 Å². The fourth-order valence-electron chi connectivity index (χ4n) is 1.58. The molecule has 82 valence electrons. The summed E-state index contributed by atoms with van der Waals surface area (Å²) in [4.78, 5) is 8.27. The number of hydrogen-bond acceptors (Lipinski definition) is 4. The number of nitrogens with one attached hydrogen (secondary N) is 1. The first-order valence-corrected chi connectivity index (χ1v) is 5.36. The van der Waals surface area contributed by atoms with Gasteiger partial charge in [-0.1, -0.05) is 0 Å². The molecule has 1 aromatic heterocycles. The molecule has 0 radical (unpaired) electrons. The van der Waals surface area contributed by atoms with Gasteiger partial charge >= 0.3 is 0 Å². The summed E-state index contributed by atoms with van der Waals surface area (Å²) in [5, 5.41) is 12.6. The molecule has 0 amide bonds. The molecule has 1 heterocycles. The van der Waals surface area contributed by atoms with Gasteiger partial charge in [0.15, 0.2) is 0 Å². The molecule has 1 unspecified atom stereocenters. The van der Waals surface area contributed by atoms with E-state index in [1.54, 1.807) is 18.6 Å². The maximum atomic E-state index is 9.17. The lowest BCUT2D eigenvalue weighted by atomic mass is 10.1. The standard InChI is InChI=1S/C11H17N3O/c1-9(10-6-12-4-5-13-10)14-7-11(8-15)2-3-11/h4-6,9,14-15H,2-3,7-8H2,1H3. The molecule has 0 aliphatic heterocycles. The highest BCUT2D eigenvalue weighted by atomic mass is 16.3. The molecule has 0 aromatic carbocycles. The van der Waals surface area contributed by atoms with Crippen LogP contribution in [-0.4, -0.2) is 28.2 Å². The van der Waals surface area contributed by atoms with Crippen molar-refractivity contribution in [3.8, 4) is 0 Å². The summed E-state index contributed by atoms with van der Waals surface area (Å²) in [5.41, 5.74) is 1.10. The van der Waals surface area contributed by atoms with Gasteiger partial charge in [-0.2, -0.15) is 0 Å². The van der Waals surface area contributed by atoms with Crippen molar-refractivity contribution in [3.05, 3.63) is 24.3 Å². The van der Waals surface area contributed by atoms with Crippen LogP contribution in [0.4, 0.5) is 0 Å². The Balaban J connectivity index is 1.85. The van der Waals surface area contributed by atoms with Crippen LogP contribution < -0.4 is 5.32 Å². The molecule has 1 atom stereocenters. The smallest absolute Gasteiger partial charge is 0.0753 e. The maximum absolute atomic E-state index is 9.17. The van der Waals surface area contributed by atoms with Gasteiger partial charge in [0.25, 0.3) is 0 Å². The van der Waals surface area contributed by atoms with Gasteiger partial charge in [0, 0.05) is 43.2 Å². The van der Waals surface area contributed by atoms with E-state index in [1.807, 2.05) is 0 Å². The molecule has 1 aliphatic rings. The molecular formula is C11H17N3O. The second kappa shape index (κ2) is 4.24. The van der Waals surface area contributed by atoms with Crippen LogP contribution in [0, 0.1) is 5.41 Å². The van der Waals surface area contributed by atoms with Gasteiger partial charge in [-0.3, -0.25) is 9.97 Å². The normalized spacial score (nSPS) is 19.9. The molecule has 4 nitrogen and oxygen atoms in total. The van der Waals surface area contributed by atoms with Crippen LogP contribution in [0.2, 0.25) is 0 Å². The van der Waals surface area contributed by atoms with Crippen LogP contribution in [0.1, 0.15) is 31.5 Å². The molecule has 1 saturated carbocycles. The lowest BCUT2D eigenvalue weighted by Gasteiger charge is -2.17. The third-order valence-electron chi connectivity index (χ3n) is 3.10. The van der Waals surface area contributed by atoms with Crippen LogP contribution in [0.25, 0.3) is 0 Å². The van der Waals surface area contributed by atoms with Crippen LogP contribution >= 0.6 is 0 Å². The van der Waals surface area contributed by atoms with Gasteiger partial charge < -0.3 is 10.4 Å². The Labute approximate surface area is 89.8 Å². The predicted molar refractivity (Wildman–Crippen MR) is 57.2 cm³/mol. The van der Waals surface area contributed by atoms with Gasteiger partial charge in [-0.25, -0.2) is 0 Å². The number of aliphatic hydroxyl groups excluding tert-OH is 1. The summed E-state index contributed by atoms with van der Waals surface area (Å²) in [6, 6.07) is 0.197. The van der Waals surface area contributed by atoms with Crippen molar-refractivity contribution in [1.82, 2.24) is 15.3 Å². The largest absolute Gasteiger partial charge is 0.396 e. The van der Waals surface area contributed by atoms with Crippen LogP contribution in [-0.2, 0) is 0 Å². The maximum Gasteiger partial charge on any atom is 0.0753 e. The lowest BCUT2D eigenvalue weighted by molar-refractivity contribution is 0.204. The molecular weight excluding hydrogens is 190 g/mol. The summed E-state index contributed by atoms with van der Waals surface area (Å²) < 4.78 is 0. The van der Waals surface area contributed by atoms with Crippen LogP contribution in [0.5, 0.6) is 0 Å². The van der Waals surface area contributed by atoms with Crippen molar-refractivity contribution >= 4 is 0 Å². The van der Waals surface area contributed by atoms with E-state index in [0.717, 1.165) is 25.1 Å². The van der Waals surface area contributed by atoms with E-state index in [4.69, 9.17) is 0 Å². The first kappa shape index (κ1) is 10.5. The predicted octanol–water partition coefficient (Wildman–Crippen LogP) is 0.900. The van der Waals surface area contributed by atoms with Crippen LogP contribution in [0.15, 0.2) is 18.6 Å². The minimum Gasteiger partial charge on any atom is -0.396 e. The molecule has 1 aromatic rings. The van der Waals surface area contributed by atoms with E-state index in [0.29, 0.717) is 0 Å². The van der Waals surface area contributed by atoms with Crippen LogP contribution in [0.3, 0.4) is 0 Å². The van der Waals surface area contributed by atoms with Crippen molar-refractivity contribution in [3.63, 3.8) is 0 Å². The quantitative estimate of drug-likeness (QED) is 0.753. The Morgan fingerprint density at radius 2 is 2.33 bits per heavy atom. The highest BCUT2D eigenvalue weighted by Crippen LogP contribution is 2.44. The molecule has 0 saturated heterocycles. The van der Waals surface area contributed by atoms with E-state index >= 15 is 0 Å². The minimum atomic E-state index is 0.149. The van der Waals surface area contributed by atoms with Crippen molar-refractivity contribution in [1.29, 1.82) is 0 Å². The number of rotatable bonds is 5. The van der Waals surface area contributed by atoms with Crippen molar-refractivity contribution < 1.29 is 5.11 Å². The Hall–Kier alpha value is -1.00. The van der Waals surface area contributed by atoms with Gasteiger partial charge in [-0.15, -0.1) is 0 Å². The summed E-state index contributed by atoms with van der Waals surface area (Å²) in [7, 11) is 0. The number of aromatic nitrogens is 2. The number of aliphatic hydroxyl groups is 1. The Morgan fingerprint density at radius 3 is 2.87 bits per heavy atom. The molecule has 0 spiro atoms. The highest BCUT2D eigenvalue weighted by Gasteiger charge is 2.41. The zero-order valence-electron chi connectivity index (χ0n) is 8.98. The van der Waals surface area contributed by atoms with Gasteiger partial charge in [0.1, 0.15) is 0 Å². The summed E-state index contributed by atoms with van der Waals surface area (Å²) in [6.07, 6.45) is 7.41. The van der Waals surface area contributed by atoms with Gasteiger partial charge in [0.2, 0.25) is 0 Å². The first-order chi connectivity index (χ1) is 7.26. The monoisotopic (exact) mass is 207 g/mol. The summed E-state index contributed by atoms with van der Waals surface area (Å²) in [5.74, 6) is 0. The topological polar surface area (TPSA) is 58.0 Å². The SMILES string of the molecule is CC(NCC1(CO)CC1)c1cnccn1. The molecule has 2 rings (SSSR count). The van der Waals surface area contributed by atoms with Gasteiger partial charge in [-0.05, 0) is 19.8 Å². The lowest BCUT2D eigenvalue weighted by Crippen LogP contribution is -2.29. The molecule has 1 fully saturated rings. The number of nitrogens with zero attached hydrogens (tertiary/aromatic N) is 2. The van der Waals surface area contributed by atoms with E-state index < -0.39 is 0 Å². The summed E-state index contributed by atoms with van der Waals surface area (Å²) >= 11 is 0. The fraction of sp³-hybridized carbons (Fsp3) is 0.636. The highest BCUT2D eigenvalue weighted by molar-refractivity contribution is 5.02. The molecule has 0 bridgehead atoms. The Bertz CT molecular complexity index is 311. The second-order valence-corrected chi connectivity index (χ2v) is 4.39. The van der Waals surface area contributed by atoms with E-state index in [2.05, 4.69) is 22.2 Å². The zero-order valence-corrected chi connectivity index (χ0v) is 8.98. The Morgan fingerprint density at radius 1 is 1.53 bits per heavy atom. The molecule has 1 aliphatic carbocycles.